The lowest BCUT2D eigenvalue weighted by atomic mass is 9.97. The van der Waals surface area contributed by atoms with Crippen molar-refractivity contribution in [2.75, 3.05) is 18.1 Å². The number of fused-ring (bicyclic) bond motifs is 1. The second kappa shape index (κ2) is 14.2. The van der Waals surface area contributed by atoms with Crippen molar-refractivity contribution in [3.05, 3.63) is 53.0 Å². The molecule has 2 amide bonds. The Labute approximate surface area is 253 Å². The molecule has 4 N–H and O–H groups in total. The average Bonchev–Trinajstić information content (AvgIpc) is 3.46. The summed E-state index contributed by atoms with van der Waals surface area (Å²) in [5, 5.41) is 12.6. The second-order valence-electron chi connectivity index (χ2n) is 8.54. The van der Waals surface area contributed by atoms with Crippen LogP contribution in [0, 0.1) is 0 Å². The number of ether oxygens (including phenoxy) is 2. The molecule has 0 spiro atoms. The summed E-state index contributed by atoms with van der Waals surface area (Å²) in [7, 11) is 0. The first kappa shape index (κ1) is 32.5. The van der Waals surface area contributed by atoms with Gasteiger partial charge in [0.25, 0.3) is 11.8 Å². The third-order valence-electron chi connectivity index (χ3n) is 5.84. The van der Waals surface area contributed by atoms with E-state index in [9.17, 15) is 29.1 Å². The lowest BCUT2D eigenvalue weighted by molar-refractivity contribution is -0.182. The van der Waals surface area contributed by atoms with Crippen LogP contribution < -0.4 is 11.1 Å². The van der Waals surface area contributed by atoms with Crippen LogP contribution in [0.15, 0.2) is 46.2 Å². The summed E-state index contributed by atoms with van der Waals surface area (Å²) < 4.78 is 14.8. The molecule has 1 saturated heterocycles. The van der Waals surface area contributed by atoms with E-state index in [-0.39, 0.29) is 35.8 Å². The minimum atomic E-state index is -1.73. The molecule has 0 saturated carbocycles. The highest BCUT2D eigenvalue weighted by atomic mass is 35.5. The summed E-state index contributed by atoms with van der Waals surface area (Å²) in [5.74, 6) is -2.79. The zero-order valence-corrected chi connectivity index (χ0v) is 24.9. The molecule has 2 aliphatic rings. The number of aromatic nitrogens is 2. The fourth-order valence-electron chi connectivity index (χ4n) is 4.10. The minimum absolute atomic E-state index is 0. The number of amides is 2. The molecule has 220 valence electrons. The molecule has 41 heavy (non-hydrogen) atoms. The highest BCUT2D eigenvalue weighted by Crippen LogP contribution is 2.42. The molecule has 3 unspecified atom stereocenters. The van der Waals surface area contributed by atoms with Crippen molar-refractivity contribution >= 4 is 77.0 Å². The number of halogens is 1. The van der Waals surface area contributed by atoms with E-state index in [0.29, 0.717) is 21.4 Å². The number of nitrogens with zero attached hydrogens (tertiary/aromatic N) is 3. The van der Waals surface area contributed by atoms with Gasteiger partial charge in [0.2, 0.25) is 6.29 Å². The molecule has 3 heterocycles. The number of nitrogens with one attached hydrogen (secondary N) is 1. The molecule has 2 aromatic rings. The van der Waals surface area contributed by atoms with Gasteiger partial charge in [-0.1, -0.05) is 36.0 Å². The molecule has 4 atom stereocenters. The van der Waals surface area contributed by atoms with Gasteiger partial charge in [-0.05, 0) is 17.1 Å². The zero-order chi connectivity index (χ0) is 29.0. The Balaban J connectivity index is 0.00000462. The highest BCUT2D eigenvalue weighted by molar-refractivity contribution is 8.01. The summed E-state index contributed by atoms with van der Waals surface area (Å²) in [5.41, 5.74) is 6.20. The Morgan fingerprint density at radius 3 is 2.66 bits per heavy atom. The van der Waals surface area contributed by atoms with E-state index in [1.165, 1.54) is 72.3 Å². The van der Waals surface area contributed by atoms with Gasteiger partial charge in [-0.2, -0.15) is 4.37 Å². The number of hydrogen-bond acceptors (Lipinski definition) is 14. The highest BCUT2D eigenvalue weighted by Gasteiger charge is 2.55. The van der Waals surface area contributed by atoms with Crippen LogP contribution in [0.3, 0.4) is 0 Å². The molecule has 2 aliphatic heterocycles. The summed E-state index contributed by atoms with van der Waals surface area (Å²) in [4.78, 5) is 68.2. The number of rotatable bonds is 11. The SMILES string of the molecule is CC(=O)OC(C)OC(=O)C1=C(CSc2ncns2)CS[C@H]2C(NC(=O)C(O)c3ccccc3C(=O)CN)C(=O)N12.Cl. The van der Waals surface area contributed by atoms with Crippen molar-refractivity contribution in [1.29, 1.82) is 0 Å². The van der Waals surface area contributed by atoms with Gasteiger partial charge in [0.05, 0.1) is 6.54 Å². The number of ketones is 1. The number of thioether (sulfide) groups is 2. The van der Waals surface area contributed by atoms with Gasteiger partial charge in [-0.15, -0.1) is 24.2 Å². The minimum Gasteiger partial charge on any atom is -0.426 e. The molecular weight excluding hydrogens is 618 g/mol. The predicted molar refractivity (Wildman–Crippen MR) is 152 cm³/mol. The normalized spacial score (nSPS) is 19.2. The summed E-state index contributed by atoms with van der Waals surface area (Å²) in [6.07, 6.45) is -1.51. The van der Waals surface area contributed by atoms with Crippen LogP contribution >= 0.6 is 47.5 Å². The van der Waals surface area contributed by atoms with Crippen molar-refractivity contribution in [2.24, 2.45) is 5.73 Å². The topological polar surface area (TPSA) is 191 Å². The molecule has 17 heteroatoms. The Kier molecular flexibility index (Phi) is 11.3. The van der Waals surface area contributed by atoms with Crippen molar-refractivity contribution in [1.82, 2.24) is 19.6 Å². The van der Waals surface area contributed by atoms with Crippen molar-refractivity contribution < 1.29 is 38.6 Å². The number of hydrogen-bond donors (Lipinski definition) is 3. The molecule has 1 aromatic carbocycles. The number of nitrogens with two attached hydrogens (primary N) is 1. The summed E-state index contributed by atoms with van der Waals surface area (Å²) in [6.45, 7) is 2.24. The third kappa shape index (κ3) is 7.25. The first-order valence-corrected chi connectivity index (χ1v) is 14.7. The van der Waals surface area contributed by atoms with Crippen LogP contribution in [0.5, 0.6) is 0 Å². The van der Waals surface area contributed by atoms with Crippen LogP contribution in [0.1, 0.15) is 35.9 Å². The molecule has 0 radical (unpaired) electrons. The van der Waals surface area contributed by atoms with Crippen molar-refractivity contribution in [3.63, 3.8) is 0 Å². The number of Topliss-reactive ketones (excluding diaryl/α,β-unsaturated/α-hetero) is 1. The maximum Gasteiger partial charge on any atom is 0.358 e. The molecule has 4 rings (SSSR count). The van der Waals surface area contributed by atoms with Gasteiger partial charge >= 0.3 is 11.9 Å². The maximum atomic E-state index is 13.3. The molecule has 1 fully saturated rings. The van der Waals surface area contributed by atoms with E-state index in [1.807, 2.05) is 0 Å². The number of benzene rings is 1. The van der Waals surface area contributed by atoms with Gasteiger partial charge in [-0.3, -0.25) is 24.1 Å². The van der Waals surface area contributed by atoms with E-state index < -0.39 is 53.3 Å². The predicted octanol–water partition coefficient (Wildman–Crippen LogP) is 1.03. The smallest absolute Gasteiger partial charge is 0.358 e. The number of β-lactam (4-membered cyclic amide) rings is 1. The van der Waals surface area contributed by atoms with Crippen LogP contribution in [-0.2, 0) is 28.7 Å². The number of esters is 2. The van der Waals surface area contributed by atoms with Crippen LogP contribution in [0.2, 0.25) is 0 Å². The first-order chi connectivity index (χ1) is 19.1. The van der Waals surface area contributed by atoms with Gasteiger partial charge in [0.1, 0.15) is 23.4 Å². The molecular formula is C24H26ClN5O8S3. The molecule has 0 aliphatic carbocycles. The maximum absolute atomic E-state index is 13.3. The number of aliphatic hydroxyl groups is 1. The van der Waals surface area contributed by atoms with E-state index in [0.717, 1.165) is 0 Å². The molecule has 0 bridgehead atoms. The Hall–Kier alpha value is -3.02. The van der Waals surface area contributed by atoms with Gasteiger partial charge in [0, 0.05) is 36.5 Å². The lowest BCUT2D eigenvalue weighted by Crippen LogP contribution is -2.71. The van der Waals surface area contributed by atoms with Crippen LogP contribution in [0.25, 0.3) is 0 Å². The fourth-order valence-corrected chi connectivity index (χ4v) is 7.02. The van der Waals surface area contributed by atoms with Gasteiger partial charge in [-0.25, -0.2) is 9.78 Å². The second-order valence-corrected chi connectivity index (χ2v) is 11.7. The Morgan fingerprint density at radius 2 is 2.00 bits per heavy atom. The van der Waals surface area contributed by atoms with Crippen molar-refractivity contribution in [3.8, 4) is 0 Å². The van der Waals surface area contributed by atoms with E-state index in [2.05, 4.69) is 14.7 Å². The monoisotopic (exact) mass is 643 g/mol. The van der Waals surface area contributed by atoms with E-state index >= 15 is 0 Å². The van der Waals surface area contributed by atoms with Crippen molar-refractivity contribution in [2.45, 2.75) is 42.0 Å². The zero-order valence-electron chi connectivity index (χ0n) is 21.7. The first-order valence-electron chi connectivity index (χ1n) is 11.9. The van der Waals surface area contributed by atoms with Crippen LogP contribution in [-0.4, -0.2) is 84.7 Å². The van der Waals surface area contributed by atoms with Gasteiger partial charge in [0.15, 0.2) is 16.2 Å². The molecule has 1 aromatic heterocycles. The Morgan fingerprint density at radius 1 is 1.27 bits per heavy atom. The van der Waals surface area contributed by atoms with E-state index in [4.69, 9.17) is 15.2 Å². The Bertz CT molecular complexity index is 1360. The third-order valence-corrected chi connectivity index (χ3v) is 9.07. The number of carbonyl (C=O) groups excluding carboxylic acids is 5. The van der Waals surface area contributed by atoms with Crippen LogP contribution in [0.4, 0.5) is 0 Å². The van der Waals surface area contributed by atoms with Gasteiger partial charge < -0.3 is 25.6 Å². The largest absolute Gasteiger partial charge is 0.426 e. The molecule has 13 nitrogen and oxygen atoms in total. The van der Waals surface area contributed by atoms with E-state index in [1.54, 1.807) is 12.1 Å². The summed E-state index contributed by atoms with van der Waals surface area (Å²) >= 11 is 3.84. The standard InChI is InChI=1S/C24H25N5O8S3.ClH/c1-11(30)36-12(2)37-23(35)18-13(9-39-24-26-10-27-40-24)8-38-22-17(21(34)29(18)22)28-20(33)19(32)15-6-4-3-5-14(15)16(31)7-25;/h3-6,10,12,17,19,22,32H,7-9,25H2,1-2H3,(H,28,33);1H/t12?,17?,19?,22-;/m0./s1. The fraction of sp³-hybridized carbons (Fsp3) is 0.375. The number of carbonyl (C=O) groups is 5. The quantitative estimate of drug-likeness (QED) is 0.104. The lowest BCUT2D eigenvalue weighted by Gasteiger charge is -2.50. The average molecular weight is 644 g/mol. The summed E-state index contributed by atoms with van der Waals surface area (Å²) in [6, 6.07) is 4.98. The number of aliphatic hydroxyl groups excluding tert-OH is 1.